The Labute approximate surface area is 137 Å². The van der Waals surface area contributed by atoms with Gasteiger partial charge in [0, 0.05) is 26.2 Å². The van der Waals surface area contributed by atoms with Crippen LogP contribution in [0.15, 0.2) is 30.5 Å². The van der Waals surface area contributed by atoms with E-state index < -0.39 is 0 Å². The van der Waals surface area contributed by atoms with Gasteiger partial charge in [-0.15, -0.1) is 5.10 Å². The maximum atomic E-state index is 4.81. The van der Waals surface area contributed by atoms with E-state index in [9.17, 15) is 0 Å². The molecule has 4 rings (SSSR count). The monoisotopic (exact) mass is 309 g/mol. The van der Waals surface area contributed by atoms with Crippen molar-refractivity contribution in [2.24, 2.45) is 0 Å². The van der Waals surface area contributed by atoms with Gasteiger partial charge in [-0.3, -0.25) is 0 Å². The number of anilines is 2. The summed E-state index contributed by atoms with van der Waals surface area (Å²) >= 11 is 0. The van der Waals surface area contributed by atoms with Crippen molar-refractivity contribution >= 4 is 11.8 Å². The number of hydrogen-bond acceptors (Lipinski definition) is 5. The highest BCUT2D eigenvalue weighted by Gasteiger charge is 2.19. The topological polar surface area (TPSA) is 45.2 Å². The molecule has 5 heteroatoms. The first-order valence-corrected chi connectivity index (χ1v) is 8.66. The number of fused-ring (bicyclic) bond motifs is 1. The highest BCUT2D eigenvalue weighted by Crippen LogP contribution is 2.24. The predicted octanol–water partition coefficient (Wildman–Crippen LogP) is 2.81. The van der Waals surface area contributed by atoms with E-state index in [1.807, 2.05) is 0 Å². The smallest absolute Gasteiger partial charge is 0.247 e. The van der Waals surface area contributed by atoms with Crippen LogP contribution in [0, 0.1) is 0 Å². The van der Waals surface area contributed by atoms with E-state index in [0.29, 0.717) is 0 Å². The molecule has 0 radical (unpaired) electrons. The fraction of sp³-hybridized carbons (Fsp3) is 0.500. The molecule has 0 amide bonds. The van der Waals surface area contributed by atoms with Crippen molar-refractivity contribution < 1.29 is 0 Å². The summed E-state index contributed by atoms with van der Waals surface area (Å²) in [5.41, 5.74) is 2.85. The van der Waals surface area contributed by atoms with Gasteiger partial charge >= 0.3 is 0 Å². The average Bonchev–Trinajstić information content (AvgIpc) is 2.91. The van der Waals surface area contributed by atoms with Crippen LogP contribution in [0.4, 0.5) is 11.8 Å². The molecule has 1 fully saturated rings. The van der Waals surface area contributed by atoms with Crippen LogP contribution in [0.5, 0.6) is 0 Å². The highest BCUT2D eigenvalue weighted by atomic mass is 15.3. The molecular weight excluding hydrogens is 286 g/mol. The van der Waals surface area contributed by atoms with E-state index in [1.54, 1.807) is 6.20 Å². The fourth-order valence-electron chi connectivity index (χ4n) is 3.53. The third-order valence-corrected chi connectivity index (χ3v) is 4.88. The van der Waals surface area contributed by atoms with Crippen molar-refractivity contribution in [2.45, 2.75) is 38.6 Å². The molecule has 1 aromatic heterocycles. The van der Waals surface area contributed by atoms with Crippen LogP contribution in [0.2, 0.25) is 0 Å². The summed E-state index contributed by atoms with van der Waals surface area (Å²) < 4.78 is 0. The number of aromatic nitrogens is 3. The van der Waals surface area contributed by atoms with Crippen molar-refractivity contribution in [1.29, 1.82) is 0 Å². The van der Waals surface area contributed by atoms with E-state index in [0.717, 1.165) is 44.4 Å². The molecule has 23 heavy (non-hydrogen) atoms. The lowest BCUT2D eigenvalue weighted by Gasteiger charge is -2.30. The molecule has 3 heterocycles. The third-order valence-electron chi connectivity index (χ3n) is 4.88. The lowest BCUT2D eigenvalue weighted by atomic mass is 10.0. The molecule has 1 aromatic carbocycles. The standard InChI is InChI=1S/C18H23N5/c1-2-6-11-22(10-5-1)18-20-17(13-19-21-18)23-12-9-15-7-3-4-8-16(15)14-23/h3-4,7-8,13H,1-2,5-6,9-12,14H2. The lowest BCUT2D eigenvalue weighted by Crippen LogP contribution is -2.32. The largest absolute Gasteiger partial charge is 0.350 e. The number of rotatable bonds is 2. The Morgan fingerprint density at radius 1 is 0.826 bits per heavy atom. The van der Waals surface area contributed by atoms with Crippen LogP contribution in [0.3, 0.4) is 0 Å². The second-order valence-corrected chi connectivity index (χ2v) is 6.46. The molecule has 0 bridgehead atoms. The zero-order valence-corrected chi connectivity index (χ0v) is 13.5. The number of benzene rings is 1. The Morgan fingerprint density at radius 2 is 1.61 bits per heavy atom. The fourth-order valence-corrected chi connectivity index (χ4v) is 3.53. The Morgan fingerprint density at radius 3 is 2.43 bits per heavy atom. The molecule has 0 unspecified atom stereocenters. The minimum atomic E-state index is 0.795. The van der Waals surface area contributed by atoms with Gasteiger partial charge in [-0.05, 0) is 30.4 Å². The van der Waals surface area contributed by atoms with Gasteiger partial charge in [-0.1, -0.05) is 37.1 Å². The summed E-state index contributed by atoms with van der Waals surface area (Å²) in [4.78, 5) is 9.42. The van der Waals surface area contributed by atoms with Crippen molar-refractivity contribution in [2.75, 3.05) is 29.4 Å². The normalized spacial score (nSPS) is 18.4. The molecule has 0 spiro atoms. The predicted molar refractivity (Wildman–Crippen MR) is 91.7 cm³/mol. The van der Waals surface area contributed by atoms with Gasteiger partial charge in [0.1, 0.15) is 0 Å². The first-order valence-electron chi connectivity index (χ1n) is 8.66. The molecule has 0 N–H and O–H groups in total. The van der Waals surface area contributed by atoms with Gasteiger partial charge in [0.15, 0.2) is 5.82 Å². The quantitative estimate of drug-likeness (QED) is 0.853. The molecule has 0 saturated carbocycles. The molecular formula is C18H23N5. The van der Waals surface area contributed by atoms with Crippen LogP contribution in [-0.4, -0.2) is 34.8 Å². The SMILES string of the molecule is c1ccc2c(c1)CCN(c1cnnc(N3CCCCCC3)n1)C2. The second-order valence-electron chi connectivity index (χ2n) is 6.46. The van der Waals surface area contributed by atoms with Crippen LogP contribution in [0.1, 0.15) is 36.8 Å². The van der Waals surface area contributed by atoms with Crippen molar-refractivity contribution in [3.05, 3.63) is 41.6 Å². The van der Waals surface area contributed by atoms with E-state index >= 15 is 0 Å². The van der Waals surface area contributed by atoms with E-state index in [-0.39, 0.29) is 0 Å². The zero-order chi connectivity index (χ0) is 15.5. The Bertz CT molecular complexity index is 664. The minimum Gasteiger partial charge on any atom is -0.350 e. The van der Waals surface area contributed by atoms with Gasteiger partial charge in [0.25, 0.3) is 0 Å². The number of hydrogen-bond donors (Lipinski definition) is 0. The molecule has 1 saturated heterocycles. The second kappa shape index (κ2) is 6.52. The lowest BCUT2D eigenvalue weighted by molar-refractivity contribution is 0.700. The van der Waals surface area contributed by atoms with Crippen molar-refractivity contribution in [3.63, 3.8) is 0 Å². The summed E-state index contributed by atoms with van der Waals surface area (Å²) in [5, 5.41) is 8.51. The first kappa shape index (κ1) is 14.4. The van der Waals surface area contributed by atoms with Crippen molar-refractivity contribution in [3.8, 4) is 0 Å². The van der Waals surface area contributed by atoms with Crippen LogP contribution in [0.25, 0.3) is 0 Å². The summed E-state index contributed by atoms with van der Waals surface area (Å²) in [6.07, 6.45) is 7.95. The first-order chi connectivity index (χ1) is 11.4. The van der Waals surface area contributed by atoms with Gasteiger partial charge in [0.05, 0.1) is 6.20 Å². The minimum absolute atomic E-state index is 0.795. The van der Waals surface area contributed by atoms with E-state index in [4.69, 9.17) is 4.98 Å². The van der Waals surface area contributed by atoms with Gasteiger partial charge in [-0.2, -0.15) is 10.1 Å². The summed E-state index contributed by atoms with van der Waals surface area (Å²) in [7, 11) is 0. The van der Waals surface area contributed by atoms with Crippen LogP contribution >= 0.6 is 0 Å². The van der Waals surface area contributed by atoms with Crippen LogP contribution < -0.4 is 9.80 Å². The van der Waals surface area contributed by atoms with Gasteiger partial charge < -0.3 is 9.80 Å². The molecule has 2 aromatic rings. The molecule has 5 nitrogen and oxygen atoms in total. The van der Waals surface area contributed by atoms with Gasteiger partial charge in [0.2, 0.25) is 5.95 Å². The van der Waals surface area contributed by atoms with E-state index in [2.05, 4.69) is 44.3 Å². The maximum absolute atomic E-state index is 4.81. The number of nitrogens with zero attached hydrogens (tertiary/aromatic N) is 5. The molecule has 2 aliphatic heterocycles. The average molecular weight is 309 g/mol. The summed E-state index contributed by atoms with van der Waals surface area (Å²) in [6.45, 7) is 4.01. The van der Waals surface area contributed by atoms with Crippen LogP contribution in [-0.2, 0) is 13.0 Å². The third kappa shape index (κ3) is 3.14. The van der Waals surface area contributed by atoms with Crippen molar-refractivity contribution in [1.82, 2.24) is 15.2 Å². The Kier molecular flexibility index (Phi) is 4.09. The Hall–Kier alpha value is -2.17. The zero-order valence-electron chi connectivity index (χ0n) is 13.5. The van der Waals surface area contributed by atoms with E-state index in [1.165, 1.54) is 36.8 Å². The molecule has 120 valence electrons. The molecule has 0 atom stereocenters. The summed E-state index contributed by atoms with van der Waals surface area (Å²) in [5.74, 6) is 1.75. The highest BCUT2D eigenvalue weighted by molar-refractivity contribution is 5.45. The molecule has 2 aliphatic rings. The summed E-state index contributed by atoms with van der Waals surface area (Å²) in [6, 6.07) is 8.68. The molecule has 0 aliphatic carbocycles. The maximum Gasteiger partial charge on any atom is 0.247 e. The Balaban J connectivity index is 1.55. The van der Waals surface area contributed by atoms with Gasteiger partial charge in [-0.25, -0.2) is 0 Å².